The van der Waals surface area contributed by atoms with Gasteiger partial charge in [-0.25, -0.2) is 19.7 Å². The van der Waals surface area contributed by atoms with E-state index in [4.69, 9.17) is 9.83 Å². The fourth-order valence-electron chi connectivity index (χ4n) is 3.25. The van der Waals surface area contributed by atoms with E-state index in [2.05, 4.69) is 15.8 Å². The number of hydroxylamine groups is 1. The summed E-state index contributed by atoms with van der Waals surface area (Å²) < 4.78 is 13.2. The lowest BCUT2D eigenvalue weighted by molar-refractivity contribution is -0.120. The molecule has 1 saturated heterocycles. The van der Waals surface area contributed by atoms with Gasteiger partial charge >= 0.3 is 0 Å². The van der Waals surface area contributed by atoms with Gasteiger partial charge in [-0.2, -0.15) is 0 Å². The van der Waals surface area contributed by atoms with Crippen molar-refractivity contribution in [2.24, 2.45) is 4.99 Å². The van der Waals surface area contributed by atoms with Crippen molar-refractivity contribution >= 4 is 17.4 Å². The maximum absolute atomic E-state index is 13.2. The number of piperidine rings is 1. The van der Waals surface area contributed by atoms with E-state index in [0.29, 0.717) is 37.5 Å². The molecule has 0 bridgehead atoms. The maximum Gasteiger partial charge on any atom is 0.238 e. The summed E-state index contributed by atoms with van der Waals surface area (Å²) in [4.78, 5) is 28.9. The fraction of sp³-hybridized carbons (Fsp3) is 0.316. The molecule has 2 aromatic rings. The summed E-state index contributed by atoms with van der Waals surface area (Å²) in [5.74, 6) is 0.0905. The standard InChI is InChI=1S/C19H20FN5O2/c20-14-4-3-5-15(12-14)22-17(26)13-25-10-7-19(8-11-25)23-18(24-27-19)16-6-1-2-9-21-16/h1-6,9,12H,7-8,10-11,13H2,(H,22,26)(H,23,24). The number of carbonyl (C=O) groups excluding carboxylic acids is 1. The first-order valence-corrected chi connectivity index (χ1v) is 8.85. The lowest BCUT2D eigenvalue weighted by atomic mass is 10.0. The van der Waals surface area contributed by atoms with Crippen LogP contribution in [0, 0.1) is 5.82 Å². The molecule has 2 aliphatic heterocycles. The van der Waals surface area contributed by atoms with Gasteiger partial charge in [0.1, 0.15) is 11.5 Å². The Balaban J connectivity index is 1.31. The van der Waals surface area contributed by atoms with Crippen LogP contribution in [0.4, 0.5) is 10.1 Å². The molecular formula is C19H20FN5O2. The minimum absolute atomic E-state index is 0.167. The van der Waals surface area contributed by atoms with E-state index >= 15 is 0 Å². The summed E-state index contributed by atoms with van der Waals surface area (Å²) in [5.41, 5.74) is 3.47. The molecule has 0 radical (unpaired) electrons. The fourth-order valence-corrected chi connectivity index (χ4v) is 3.25. The lowest BCUT2D eigenvalue weighted by Gasteiger charge is -2.35. The first kappa shape index (κ1) is 17.6. The largest absolute Gasteiger partial charge is 0.325 e. The van der Waals surface area contributed by atoms with Crippen molar-refractivity contribution in [3.05, 3.63) is 60.2 Å². The number of benzene rings is 1. The molecule has 2 aliphatic rings. The van der Waals surface area contributed by atoms with Crippen molar-refractivity contribution in [2.75, 3.05) is 25.0 Å². The van der Waals surface area contributed by atoms with E-state index in [9.17, 15) is 9.18 Å². The average molecular weight is 369 g/mol. The topological polar surface area (TPSA) is 78.9 Å². The Morgan fingerprint density at radius 3 is 2.85 bits per heavy atom. The Morgan fingerprint density at radius 1 is 1.26 bits per heavy atom. The van der Waals surface area contributed by atoms with Crippen LogP contribution in [0.5, 0.6) is 0 Å². The van der Waals surface area contributed by atoms with Crippen LogP contribution < -0.4 is 10.8 Å². The number of aliphatic imine (C=N–C) groups is 1. The number of rotatable bonds is 4. The van der Waals surface area contributed by atoms with Gasteiger partial charge in [-0.15, -0.1) is 0 Å². The Labute approximate surface area is 156 Å². The highest BCUT2D eigenvalue weighted by Gasteiger charge is 2.40. The van der Waals surface area contributed by atoms with E-state index in [-0.39, 0.29) is 18.3 Å². The molecule has 1 spiro atoms. The highest BCUT2D eigenvalue weighted by Crippen LogP contribution is 2.30. The number of amidine groups is 1. The second kappa shape index (κ2) is 7.42. The van der Waals surface area contributed by atoms with Crippen LogP contribution in [-0.4, -0.2) is 47.0 Å². The molecular weight excluding hydrogens is 349 g/mol. The van der Waals surface area contributed by atoms with Gasteiger partial charge < -0.3 is 5.32 Å². The van der Waals surface area contributed by atoms with Crippen LogP contribution in [0.1, 0.15) is 18.5 Å². The van der Waals surface area contributed by atoms with Crippen LogP contribution in [0.25, 0.3) is 0 Å². The summed E-state index contributed by atoms with van der Waals surface area (Å²) in [7, 11) is 0. The van der Waals surface area contributed by atoms with E-state index in [1.807, 2.05) is 23.1 Å². The van der Waals surface area contributed by atoms with E-state index in [1.165, 1.54) is 12.1 Å². The molecule has 1 aromatic carbocycles. The van der Waals surface area contributed by atoms with Gasteiger partial charge in [0.15, 0.2) is 11.6 Å². The average Bonchev–Trinajstić information content (AvgIpc) is 3.08. The lowest BCUT2D eigenvalue weighted by Crippen LogP contribution is -2.46. The first-order valence-electron chi connectivity index (χ1n) is 8.85. The number of nitrogens with zero attached hydrogens (tertiary/aromatic N) is 3. The number of hydrogen-bond donors (Lipinski definition) is 2. The molecule has 1 aromatic heterocycles. The summed E-state index contributed by atoms with van der Waals surface area (Å²) in [6, 6.07) is 11.5. The molecule has 1 fully saturated rings. The molecule has 1 amide bonds. The van der Waals surface area contributed by atoms with Gasteiger partial charge in [-0.3, -0.25) is 14.7 Å². The zero-order valence-electron chi connectivity index (χ0n) is 14.7. The van der Waals surface area contributed by atoms with Gasteiger partial charge in [-0.05, 0) is 30.3 Å². The molecule has 3 heterocycles. The van der Waals surface area contributed by atoms with Crippen LogP contribution in [0.15, 0.2) is 53.7 Å². The summed E-state index contributed by atoms with van der Waals surface area (Å²) in [5, 5.41) is 2.72. The summed E-state index contributed by atoms with van der Waals surface area (Å²) in [6.45, 7) is 1.60. The summed E-state index contributed by atoms with van der Waals surface area (Å²) in [6.07, 6.45) is 3.05. The minimum Gasteiger partial charge on any atom is -0.325 e. The number of halogens is 1. The Bertz CT molecular complexity index is 850. The van der Waals surface area contributed by atoms with Crippen LogP contribution in [0.2, 0.25) is 0 Å². The van der Waals surface area contributed by atoms with Crippen molar-refractivity contribution in [3.63, 3.8) is 0 Å². The molecule has 140 valence electrons. The quantitative estimate of drug-likeness (QED) is 0.861. The Hall–Kier alpha value is -2.84. The van der Waals surface area contributed by atoms with Crippen molar-refractivity contribution in [1.29, 1.82) is 0 Å². The molecule has 7 nitrogen and oxygen atoms in total. The maximum atomic E-state index is 13.2. The first-order chi connectivity index (χ1) is 13.1. The second-order valence-corrected chi connectivity index (χ2v) is 6.66. The van der Waals surface area contributed by atoms with Gasteiger partial charge in [-0.1, -0.05) is 12.1 Å². The van der Waals surface area contributed by atoms with E-state index in [0.717, 1.165) is 5.69 Å². The minimum atomic E-state index is -0.609. The van der Waals surface area contributed by atoms with Crippen LogP contribution in [-0.2, 0) is 9.63 Å². The number of carbonyl (C=O) groups is 1. The number of aromatic nitrogens is 1. The van der Waals surface area contributed by atoms with Crippen molar-refractivity contribution < 1.29 is 14.0 Å². The predicted octanol–water partition coefficient (Wildman–Crippen LogP) is 1.93. The van der Waals surface area contributed by atoms with Crippen molar-refractivity contribution in [1.82, 2.24) is 15.4 Å². The molecule has 0 saturated carbocycles. The third-order valence-electron chi connectivity index (χ3n) is 4.67. The monoisotopic (exact) mass is 369 g/mol. The second-order valence-electron chi connectivity index (χ2n) is 6.66. The Morgan fingerprint density at radius 2 is 2.11 bits per heavy atom. The van der Waals surface area contributed by atoms with Gasteiger partial charge in [0.25, 0.3) is 0 Å². The molecule has 8 heteroatoms. The highest BCUT2D eigenvalue weighted by atomic mass is 19.1. The number of anilines is 1. The van der Waals surface area contributed by atoms with Crippen LogP contribution >= 0.6 is 0 Å². The van der Waals surface area contributed by atoms with Gasteiger partial charge in [0, 0.05) is 37.8 Å². The van der Waals surface area contributed by atoms with Crippen LogP contribution in [0.3, 0.4) is 0 Å². The molecule has 0 unspecified atom stereocenters. The predicted molar refractivity (Wildman–Crippen MR) is 98.4 cm³/mol. The molecule has 4 rings (SSSR count). The number of amides is 1. The normalized spacial score (nSPS) is 18.8. The number of nitrogens with one attached hydrogen (secondary N) is 2. The van der Waals surface area contributed by atoms with E-state index in [1.54, 1.807) is 18.3 Å². The number of hydrogen-bond acceptors (Lipinski definition) is 6. The molecule has 27 heavy (non-hydrogen) atoms. The number of pyridine rings is 1. The third kappa shape index (κ3) is 4.12. The van der Waals surface area contributed by atoms with Gasteiger partial charge in [0.2, 0.25) is 5.91 Å². The van der Waals surface area contributed by atoms with Crippen molar-refractivity contribution in [2.45, 2.75) is 18.6 Å². The Kier molecular flexibility index (Phi) is 4.83. The molecule has 0 aliphatic carbocycles. The zero-order chi connectivity index (χ0) is 18.7. The third-order valence-corrected chi connectivity index (χ3v) is 4.67. The van der Waals surface area contributed by atoms with Crippen molar-refractivity contribution in [3.8, 4) is 0 Å². The number of likely N-dealkylation sites (tertiary alicyclic amines) is 1. The SMILES string of the molecule is O=C(CN1CCC2(CC1)N=C(c1ccccn1)NO2)Nc1cccc(F)c1. The smallest absolute Gasteiger partial charge is 0.238 e. The molecule has 2 N–H and O–H groups in total. The highest BCUT2D eigenvalue weighted by molar-refractivity contribution is 5.97. The summed E-state index contributed by atoms with van der Waals surface area (Å²) >= 11 is 0. The molecule has 0 atom stereocenters. The van der Waals surface area contributed by atoms with E-state index < -0.39 is 5.72 Å². The zero-order valence-corrected chi connectivity index (χ0v) is 14.7. The van der Waals surface area contributed by atoms with Gasteiger partial charge in [0.05, 0.1) is 6.54 Å².